The number of nitrogens with one attached hydrogen (secondary N) is 1. The van der Waals surface area contributed by atoms with Crippen molar-refractivity contribution in [1.82, 2.24) is 9.97 Å². The number of aryl methyl sites for hydroxylation is 1. The van der Waals surface area contributed by atoms with E-state index in [0.717, 1.165) is 27.5 Å². The van der Waals surface area contributed by atoms with Crippen LogP contribution >= 0.6 is 0 Å². The summed E-state index contributed by atoms with van der Waals surface area (Å²) in [6.07, 6.45) is 5.27. The highest BCUT2D eigenvalue weighted by molar-refractivity contribution is 5.99. The number of benzene rings is 1. The van der Waals surface area contributed by atoms with Crippen molar-refractivity contribution in [3.05, 3.63) is 48.4 Å². The third-order valence-corrected chi connectivity index (χ3v) is 3.52. The zero-order valence-corrected chi connectivity index (χ0v) is 12.4. The van der Waals surface area contributed by atoms with Crippen LogP contribution in [0.5, 0.6) is 0 Å². The topological polar surface area (TPSA) is 80.9 Å². The third kappa shape index (κ3) is 2.61. The van der Waals surface area contributed by atoms with Crippen molar-refractivity contribution in [3.63, 3.8) is 0 Å². The molecule has 110 valence electrons. The van der Waals surface area contributed by atoms with Crippen molar-refractivity contribution in [2.24, 2.45) is 0 Å². The second-order valence-corrected chi connectivity index (χ2v) is 5.23. The number of carbonyl (C=O) groups is 1. The lowest BCUT2D eigenvalue weighted by Gasteiger charge is -2.10. The van der Waals surface area contributed by atoms with E-state index in [9.17, 15) is 4.79 Å². The van der Waals surface area contributed by atoms with Gasteiger partial charge in [-0.3, -0.25) is 9.78 Å². The maximum absolute atomic E-state index is 11.2. The molecule has 1 aromatic carbocycles. The number of fused-ring (bicyclic) bond motifs is 1. The fourth-order valence-corrected chi connectivity index (χ4v) is 2.46. The summed E-state index contributed by atoms with van der Waals surface area (Å²) in [5.41, 5.74) is 9.96. The van der Waals surface area contributed by atoms with Gasteiger partial charge in [0.05, 0.1) is 0 Å². The molecule has 1 amide bonds. The minimum Gasteiger partial charge on any atom is -0.398 e. The molecular weight excluding hydrogens is 276 g/mol. The molecule has 5 nitrogen and oxygen atoms in total. The van der Waals surface area contributed by atoms with Crippen molar-refractivity contribution in [2.75, 3.05) is 11.1 Å². The molecule has 22 heavy (non-hydrogen) atoms. The standard InChI is InChI=1S/C17H16N4O/c1-10-3-4-19-8-14(10)12-5-13-7-17(21-11(2)22)20-9-15(13)16(18)6-12/h3-9H,18H2,1-2H3,(H,20,21,22). The van der Waals surface area contributed by atoms with Crippen LogP contribution in [0.25, 0.3) is 21.9 Å². The first-order valence-corrected chi connectivity index (χ1v) is 6.92. The minimum absolute atomic E-state index is 0.154. The smallest absolute Gasteiger partial charge is 0.222 e. The Morgan fingerprint density at radius 2 is 2.05 bits per heavy atom. The zero-order chi connectivity index (χ0) is 15.7. The number of nitrogens with two attached hydrogens (primary N) is 1. The maximum Gasteiger partial charge on any atom is 0.222 e. The predicted octanol–water partition coefficient (Wildman–Crippen LogP) is 3.15. The van der Waals surface area contributed by atoms with E-state index in [1.807, 2.05) is 37.4 Å². The Hall–Kier alpha value is -2.95. The molecule has 2 aromatic heterocycles. The number of nitrogen functional groups attached to an aromatic ring is 1. The SMILES string of the molecule is CC(=O)Nc1cc2cc(-c3cnccc3C)cc(N)c2cn1. The van der Waals surface area contributed by atoms with Crippen LogP contribution in [0.1, 0.15) is 12.5 Å². The van der Waals surface area contributed by atoms with Crippen LogP contribution in [-0.4, -0.2) is 15.9 Å². The summed E-state index contributed by atoms with van der Waals surface area (Å²) in [6, 6.07) is 7.74. The highest BCUT2D eigenvalue weighted by Crippen LogP contribution is 2.31. The highest BCUT2D eigenvalue weighted by Gasteiger charge is 2.08. The summed E-state index contributed by atoms with van der Waals surface area (Å²) in [6.45, 7) is 3.49. The second-order valence-electron chi connectivity index (χ2n) is 5.23. The molecule has 0 unspecified atom stereocenters. The molecule has 0 saturated heterocycles. The quantitative estimate of drug-likeness (QED) is 0.711. The third-order valence-electron chi connectivity index (χ3n) is 3.52. The number of hydrogen-bond donors (Lipinski definition) is 2. The molecule has 3 rings (SSSR count). The number of amides is 1. The average molecular weight is 292 g/mol. The molecule has 0 atom stereocenters. The van der Waals surface area contributed by atoms with Gasteiger partial charge in [-0.15, -0.1) is 0 Å². The predicted molar refractivity (Wildman–Crippen MR) is 88.4 cm³/mol. The Morgan fingerprint density at radius 3 is 2.77 bits per heavy atom. The van der Waals surface area contributed by atoms with E-state index in [4.69, 9.17) is 5.73 Å². The summed E-state index contributed by atoms with van der Waals surface area (Å²) < 4.78 is 0. The first-order valence-electron chi connectivity index (χ1n) is 6.92. The molecule has 0 spiro atoms. The van der Waals surface area contributed by atoms with Crippen LogP contribution in [0, 0.1) is 6.92 Å². The van der Waals surface area contributed by atoms with Crippen LogP contribution in [0.4, 0.5) is 11.5 Å². The van der Waals surface area contributed by atoms with E-state index >= 15 is 0 Å². The molecular formula is C17H16N4O. The van der Waals surface area contributed by atoms with Crippen LogP contribution in [0.15, 0.2) is 42.9 Å². The Balaban J connectivity index is 2.17. The fourth-order valence-electron chi connectivity index (χ4n) is 2.46. The van der Waals surface area contributed by atoms with Gasteiger partial charge in [-0.1, -0.05) is 0 Å². The first-order chi connectivity index (χ1) is 10.5. The summed E-state index contributed by atoms with van der Waals surface area (Å²) in [4.78, 5) is 19.5. The van der Waals surface area contributed by atoms with Crippen molar-refractivity contribution in [3.8, 4) is 11.1 Å². The van der Waals surface area contributed by atoms with Crippen LogP contribution < -0.4 is 11.1 Å². The van der Waals surface area contributed by atoms with E-state index in [2.05, 4.69) is 15.3 Å². The average Bonchev–Trinajstić information content (AvgIpc) is 2.46. The lowest BCUT2D eigenvalue weighted by Crippen LogP contribution is -2.07. The van der Waals surface area contributed by atoms with Gasteiger partial charge < -0.3 is 11.1 Å². The van der Waals surface area contributed by atoms with Gasteiger partial charge in [-0.2, -0.15) is 0 Å². The maximum atomic E-state index is 11.2. The lowest BCUT2D eigenvalue weighted by atomic mass is 9.99. The van der Waals surface area contributed by atoms with Gasteiger partial charge in [0.15, 0.2) is 0 Å². The number of rotatable bonds is 2. The Morgan fingerprint density at radius 1 is 1.23 bits per heavy atom. The van der Waals surface area contributed by atoms with Crippen molar-refractivity contribution < 1.29 is 4.79 Å². The van der Waals surface area contributed by atoms with Crippen LogP contribution in [0.2, 0.25) is 0 Å². The largest absolute Gasteiger partial charge is 0.398 e. The number of anilines is 2. The molecule has 2 heterocycles. The highest BCUT2D eigenvalue weighted by atomic mass is 16.1. The van der Waals surface area contributed by atoms with E-state index in [1.165, 1.54) is 6.92 Å². The van der Waals surface area contributed by atoms with Gasteiger partial charge in [0.25, 0.3) is 0 Å². The minimum atomic E-state index is -0.154. The summed E-state index contributed by atoms with van der Waals surface area (Å²) in [7, 11) is 0. The number of hydrogen-bond acceptors (Lipinski definition) is 4. The summed E-state index contributed by atoms with van der Waals surface area (Å²) >= 11 is 0. The molecule has 3 aromatic rings. The molecule has 5 heteroatoms. The van der Waals surface area contributed by atoms with Gasteiger partial charge in [-0.05, 0) is 47.7 Å². The lowest BCUT2D eigenvalue weighted by molar-refractivity contribution is -0.114. The van der Waals surface area contributed by atoms with Gasteiger partial charge in [0.2, 0.25) is 5.91 Å². The monoisotopic (exact) mass is 292 g/mol. The van der Waals surface area contributed by atoms with Gasteiger partial charge in [0.1, 0.15) is 5.82 Å². The normalized spacial score (nSPS) is 10.6. The summed E-state index contributed by atoms with van der Waals surface area (Å²) in [5.74, 6) is 0.360. The number of carbonyl (C=O) groups excluding carboxylic acids is 1. The first kappa shape index (κ1) is 14.0. The molecule has 0 aliphatic carbocycles. The van der Waals surface area contributed by atoms with Crippen molar-refractivity contribution >= 4 is 28.2 Å². The van der Waals surface area contributed by atoms with Gasteiger partial charge in [-0.25, -0.2) is 4.98 Å². The Kier molecular flexibility index (Phi) is 3.47. The van der Waals surface area contributed by atoms with Crippen molar-refractivity contribution in [2.45, 2.75) is 13.8 Å². The second kappa shape index (κ2) is 5.44. The molecule has 0 bridgehead atoms. The Labute approximate surface area is 128 Å². The van der Waals surface area contributed by atoms with E-state index in [0.29, 0.717) is 11.5 Å². The molecule has 3 N–H and O–H groups in total. The number of pyridine rings is 2. The van der Waals surface area contributed by atoms with Crippen LogP contribution in [0.3, 0.4) is 0 Å². The molecule has 0 aliphatic heterocycles. The van der Waals surface area contributed by atoms with Crippen LogP contribution in [-0.2, 0) is 4.79 Å². The van der Waals surface area contributed by atoms with Crippen molar-refractivity contribution in [1.29, 1.82) is 0 Å². The molecule has 0 fully saturated rings. The summed E-state index contributed by atoms with van der Waals surface area (Å²) in [5, 5.41) is 4.47. The van der Waals surface area contributed by atoms with Gasteiger partial charge >= 0.3 is 0 Å². The molecule has 0 aliphatic rings. The fraction of sp³-hybridized carbons (Fsp3) is 0.118. The number of aromatic nitrogens is 2. The van der Waals surface area contributed by atoms with E-state index in [1.54, 1.807) is 12.4 Å². The molecule has 0 saturated carbocycles. The van der Waals surface area contributed by atoms with E-state index < -0.39 is 0 Å². The molecule has 0 radical (unpaired) electrons. The zero-order valence-electron chi connectivity index (χ0n) is 12.4. The van der Waals surface area contributed by atoms with E-state index in [-0.39, 0.29) is 5.91 Å². The van der Waals surface area contributed by atoms with Gasteiger partial charge in [0, 0.05) is 42.2 Å². The Bertz CT molecular complexity index is 874. The number of nitrogens with zero attached hydrogens (tertiary/aromatic N) is 2.